The fraction of sp³-hybridized carbons (Fsp3) is 0.368. The average molecular weight is 405 g/mol. The minimum Gasteiger partial charge on any atom is -0.462 e. The van der Waals surface area contributed by atoms with Crippen LogP contribution < -0.4 is 5.32 Å². The number of nitrogens with zero attached hydrogens (tertiary/aromatic N) is 1. The highest BCUT2D eigenvalue weighted by Crippen LogP contribution is 2.51. The lowest BCUT2D eigenvalue weighted by molar-refractivity contribution is 0.0286. The Morgan fingerprint density at radius 3 is 2.80 bits per heavy atom. The van der Waals surface area contributed by atoms with Crippen LogP contribution in [0.4, 0.5) is 5.69 Å². The number of carbonyl (C=O) groups excluding carboxylic acids is 1. The summed E-state index contributed by atoms with van der Waals surface area (Å²) in [5.41, 5.74) is 2.45. The predicted molar refractivity (Wildman–Crippen MR) is 99.4 cm³/mol. The predicted octanol–water partition coefficient (Wildman–Crippen LogP) is 4.25. The van der Waals surface area contributed by atoms with Gasteiger partial charge in [-0.2, -0.15) is 0 Å². The van der Waals surface area contributed by atoms with Crippen LogP contribution in [0.15, 0.2) is 41.1 Å². The van der Waals surface area contributed by atoms with Crippen molar-refractivity contribution in [2.24, 2.45) is 5.41 Å². The molecule has 0 aliphatic carbocycles. The number of aromatic nitrogens is 1. The maximum Gasteiger partial charge on any atom is 0.338 e. The third-order valence-electron chi connectivity index (χ3n) is 4.67. The van der Waals surface area contributed by atoms with Crippen LogP contribution in [-0.4, -0.2) is 22.7 Å². The van der Waals surface area contributed by atoms with E-state index in [4.69, 9.17) is 4.74 Å². The van der Waals surface area contributed by atoms with E-state index in [2.05, 4.69) is 26.2 Å². The molecule has 0 saturated carbocycles. The first kappa shape index (κ1) is 17.9. The fourth-order valence-corrected chi connectivity index (χ4v) is 3.64. The lowest BCUT2D eigenvalue weighted by Crippen LogP contribution is -2.38. The zero-order chi connectivity index (χ0) is 18.2. The molecule has 3 rings (SSSR count). The van der Waals surface area contributed by atoms with Crippen molar-refractivity contribution in [2.45, 2.75) is 32.9 Å². The summed E-state index contributed by atoms with van der Waals surface area (Å²) >= 11 is 3.45. The molecule has 2 atom stereocenters. The third-order valence-corrected chi connectivity index (χ3v) is 5.10. The Hall–Kier alpha value is -1.92. The maximum absolute atomic E-state index is 12.0. The molecule has 1 aliphatic heterocycles. The van der Waals surface area contributed by atoms with Crippen molar-refractivity contribution in [3.63, 3.8) is 0 Å². The van der Waals surface area contributed by atoms with E-state index in [-0.39, 0.29) is 12.0 Å². The molecule has 2 N–H and O–H groups in total. The second-order valence-corrected chi connectivity index (χ2v) is 7.68. The van der Waals surface area contributed by atoms with Crippen LogP contribution in [0, 0.1) is 5.41 Å². The van der Waals surface area contributed by atoms with Crippen LogP contribution in [0.5, 0.6) is 0 Å². The van der Waals surface area contributed by atoms with Crippen LogP contribution in [0.3, 0.4) is 0 Å². The van der Waals surface area contributed by atoms with Crippen molar-refractivity contribution in [3.05, 3.63) is 57.8 Å². The van der Waals surface area contributed by atoms with Gasteiger partial charge in [-0.15, -0.1) is 0 Å². The summed E-state index contributed by atoms with van der Waals surface area (Å²) in [6, 6.07) is 7.12. The standard InChI is InChI=1S/C19H21BrN2O3/c1-4-25-18(24)11-5-6-15-14(8-11)17(23)19(2,3)16(22-15)12-7-13(20)10-21-9-12/h5-10,16-17,22-23H,4H2,1-3H3. The van der Waals surface area contributed by atoms with E-state index in [1.165, 1.54) is 0 Å². The zero-order valence-corrected chi connectivity index (χ0v) is 16.0. The van der Waals surface area contributed by atoms with Gasteiger partial charge in [-0.25, -0.2) is 4.79 Å². The highest BCUT2D eigenvalue weighted by Gasteiger charge is 2.43. The smallest absolute Gasteiger partial charge is 0.338 e. The fourth-order valence-electron chi connectivity index (χ4n) is 3.26. The highest BCUT2D eigenvalue weighted by molar-refractivity contribution is 9.10. The molecule has 25 heavy (non-hydrogen) atoms. The molecule has 0 radical (unpaired) electrons. The first-order valence-corrected chi connectivity index (χ1v) is 9.00. The van der Waals surface area contributed by atoms with E-state index in [1.54, 1.807) is 31.5 Å². The molecule has 2 aromatic rings. The van der Waals surface area contributed by atoms with Gasteiger partial charge in [0.1, 0.15) is 0 Å². The van der Waals surface area contributed by atoms with Crippen LogP contribution in [0.1, 0.15) is 54.4 Å². The number of benzene rings is 1. The molecule has 0 fully saturated rings. The number of hydrogen-bond acceptors (Lipinski definition) is 5. The molecule has 0 saturated heterocycles. The first-order valence-electron chi connectivity index (χ1n) is 8.20. The number of carbonyl (C=O) groups is 1. The second kappa shape index (κ2) is 6.77. The summed E-state index contributed by atoms with van der Waals surface area (Å²) < 4.78 is 5.94. The average Bonchev–Trinajstić information content (AvgIpc) is 2.58. The van der Waals surface area contributed by atoms with Gasteiger partial charge in [-0.1, -0.05) is 13.8 Å². The number of esters is 1. The van der Waals surface area contributed by atoms with E-state index in [0.717, 1.165) is 15.7 Å². The van der Waals surface area contributed by atoms with Gasteiger partial charge in [0.15, 0.2) is 0 Å². The van der Waals surface area contributed by atoms with Crippen molar-refractivity contribution in [1.29, 1.82) is 0 Å². The minimum atomic E-state index is -0.734. The molecule has 2 heterocycles. The molecular formula is C19H21BrN2O3. The molecule has 5 nitrogen and oxygen atoms in total. The lowest BCUT2D eigenvalue weighted by Gasteiger charge is -2.44. The molecule has 2 unspecified atom stereocenters. The summed E-state index contributed by atoms with van der Waals surface area (Å²) in [5, 5.41) is 14.5. The summed E-state index contributed by atoms with van der Waals surface area (Å²) in [6.07, 6.45) is 2.80. The molecule has 1 aromatic carbocycles. The van der Waals surface area contributed by atoms with Crippen molar-refractivity contribution >= 4 is 27.6 Å². The highest BCUT2D eigenvalue weighted by atomic mass is 79.9. The molecule has 0 bridgehead atoms. The monoisotopic (exact) mass is 404 g/mol. The maximum atomic E-state index is 12.0. The number of fused-ring (bicyclic) bond motifs is 1. The Morgan fingerprint density at radius 2 is 2.12 bits per heavy atom. The van der Waals surface area contributed by atoms with Gasteiger partial charge in [-0.3, -0.25) is 4.98 Å². The van der Waals surface area contributed by atoms with Gasteiger partial charge in [0.2, 0.25) is 0 Å². The number of pyridine rings is 1. The van der Waals surface area contributed by atoms with Crippen LogP contribution in [-0.2, 0) is 4.74 Å². The van der Waals surface area contributed by atoms with Crippen LogP contribution >= 0.6 is 15.9 Å². The molecule has 1 aromatic heterocycles. The summed E-state index contributed by atoms with van der Waals surface area (Å²) in [5.74, 6) is -0.381. The lowest BCUT2D eigenvalue weighted by atomic mass is 9.71. The first-order chi connectivity index (χ1) is 11.8. The van der Waals surface area contributed by atoms with Crippen LogP contribution in [0.25, 0.3) is 0 Å². The molecule has 1 aliphatic rings. The number of halogens is 1. The normalized spacial score (nSPS) is 21.2. The number of ether oxygens (including phenoxy) is 1. The number of hydrogen-bond donors (Lipinski definition) is 2. The SMILES string of the molecule is CCOC(=O)c1ccc2c(c1)C(O)C(C)(C)C(c1cncc(Br)c1)N2. The second-order valence-electron chi connectivity index (χ2n) is 6.76. The Bertz CT molecular complexity index is 807. The van der Waals surface area contributed by atoms with E-state index < -0.39 is 11.5 Å². The summed E-state index contributed by atoms with van der Waals surface area (Å²) in [4.78, 5) is 16.2. The van der Waals surface area contributed by atoms with Gasteiger partial charge >= 0.3 is 5.97 Å². The van der Waals surface area contributed by atoms with Crippen molar-refractivity contribution in [3.8, 4) is 0 Å². The Labute approximate surface area is 155 Å². The molecule has 0 spiro atoms. The Morgan fingerprint density at radius 1 is 1.36 bits per heavy atom. The van der Waals surface area contributed by atoms with E-state index in [0.29, 0.717) is 17.7 Å². The minimum absolute atomic E-state index is 0.117. The summed E-state index contributed by atoms with van der Waals surface area (Å²) in [6.45, 7) is 6.08. The van der Waals surface area contributed by atoms with Crippen molar-refractivity contribution < 1.29 is 14.6 Å². The van der Waals surface area contributed by atoms with E-state index in [1.807, 2.05) is 26.0 Å². The van der Waals surface area contributed by atoms with E-state index >= 15 is 0 Å². The number of nitrogens with one attached hydrogen (secondary N) is 1. The van der Waals surface area contributed by atoms with Crippen molar-refractivity contribution in [2.75, 3.05) is 11.9 Å². The molecular weight excluding hydrogens is 384 g/mol. The van der Waals surface area contributed by atoms with Gasteiger partial charge in [0, 0.05) is 33.5 Å². The van der Waals surface area contributed by atoms with Gasteiger partial charge in [-0.05, 0) is 52.7 Å². The number of rotatable bonds is 3. The Kier molecular flexibility index (Phi) is 4.84. The zero-order valence-electron chi connectivity index (χ0n) is 14.4. The van der Waals surface area contributed by atoms with E-state index in [9.17, 15) is 9.90 Å². The summed E-state index contributed by atoms with van der Waals surface area (Å²) in [7, 11) is 0. The van der Waals surface area contributed by atoms with Gasteiger partial charge in [0.25, 0.3) is 0 Å². The number of anilines is 1. The molecule has 0 amide bonds. The quantitative estimate of drug-likeness (QED) is 0.748. The largest absolute Gasteiger partial charge is 0.462 e. The number of aliphatic hydroxyl groups is 1. The third kappa shape index (κ3) is 3.28. The topological polar surface area (TPSA) is 71.5 Å². The van der Waals surface area contributed by atoms with Gasteiger partial charge < -0.3 is 15.2 Å². The van der Waals surface area contributed by atoms with Crippen LogP contribution in [0.2, 0.25) is 0 Å². The Balaban J connectivity index is 2.01. The number of aliphatic hydroxyl groups excluding tert-OH is 1. The molecule has 132 valence electrons. The van der Waals surface area contributed by atoms with Gasteiger partial charge in [0.05, 0.1) is 24.3 Å². The molecule has 6 heteroatoms. The van der Waals surface area contributed by atoms with Crippen molar-refractivity contribution in [1.82, 2.24) is 4.98 Å².